The molecule has 0 N–H and O–H groups in total. The molecule has 5 heteroatoms. The molecule has 0 atom stereocenters. The number of nitrogens with zero attached hydrogens (tertiary/aromatic N) is 4. The van der Waals surface area contributed by atoms with Crippen LogP contribution < -0.4 is 9.64 Å². The van der Waals surface area contributed by atoms with Crippen molar-refractivity contribution in [2.45, 2.75) is 47.0 Å². The average Bonchev–Trinajstić information content (AvgIpc) is 2.80. The second-order valence-corrected chi connectivity index (χ2v) is 7.31. The largest absolute Gasteiger partial charge is 0.481 e. The lowest BCUT2D eigenvalue weighted by molar-refractivity contribution is 0.394. The van der Waals surface area contributed by atoms with E-state index < -0.39 is 0 Å². The summed E-state index contributed by atoms with van der Waals surface area (Å²) in [6, 6.07) is 8.31. The van der Waals surface area contributed by atoms with Gasteiger partial charge in [-0.25, -0.2) is 15.0 Å². The van der Waals surface area contributed by atoms with Crippen LogP contribution in [0.4, 0.5) is 5.82 Å². The summed E-state index contributed by atoms with van der Waals surface area (Å²) in [5.41, 5.74) is 4.39. The highest BCUT2D eigenvalue weighted by Gasteiger charge is 2.21. The summed E-state index contributed by atoms with van der Waals surface area (Å²) in [4.78, 5) is 16.0. The minimum absolute atomic E-state index is 0.624. The lowest BCUT2D eigenvalue weighted by Gasteiger charge is -2.33. The van der Waals surface area contributed by atoms with Crippen molar-refractivity contribution in [2.24, 2.45) is 5.92 Å². The minimum Gasteiger partial charge on any atom is -0.481 e. The number of aromatic nitrogens is 3. The van der Waals surface area contributed by atoms with Crippen molar-refractivity contribution in [3.8, 4) is 17.0 Å². The van der Waals surface area contributed by atoms with Gasteiger partial charge in [-0.1, -0.05) is 27.2 Å². The molecule has 5 nitrogen and oxygen atoms in total. The Morgan fingerprint density at radius 2 is 1.79 bits per heavy atom. The topological polar surface area (TPSA) is 51.1 Å². The summed E-state index contributed by atoms with van der Waals surface area (Å²) in [5, 5.41) is 1.12. The fourth-order valence-electron chi connectivity index (χ4n) is 3.98. The van der Waals surface area contributed by atoms with Gasteiger partial charge >= 0.3 is 0 Å². The van der Waals surface area contributed by atoms with Crippen LogP contribution in [-0.2, 0) is 0 Å². The van der Waals surface area contributed by atoms with Crippen molar-refractivity contribution in [3.05, 3.63) is 42.4 Å². The van der Waals surface area contributed by atoms with Gasteiger partial charge in [0.05, 0.1) is 12.6 Å². The van der Waals surface area contributed by atoms with E-state index in [0.717, 1.165) is 52.4 Å². The molecule has 0 aliphatic carbocycles. The Balaban J connectivity index is 0.00000117. The van der Waals surface area contributed by atoms with Gasteiger partial charge in [0.15, 0.2) is 0 Å². The highest BCUT2D eigenvalue weighted by atomic mass is 16.5. The zero-order chi connectivity index (χ0) is 20.8. The minimum atomic E-state index is 0.624. The first-order valence-corrected chi connectivity index (χ1v) is 10.7. The standard InChI is InChI=1S/C22H26N4O.C2H6/c1-4-16-7-9-26(10-8-16)22-19-12-18(11-15(2)21(19)24-14-25-22)17-5-6-20(27-3)23-13-17;1-2/h5-6,11-14,16H,4,7-10H2,1-3H3;1-2H3. The van der Waals surface area contributed by atoms with Gasteiger partial charge in [0, 0.05) is 36.3 Å². The van der Waals surface area contributed by atoms with Gasteiger partial charge in [0.25, 0.3) is 0 Å². The Hall–Kier alpha value is -2.69. The fraction of sp³-hybridized carbons (Fsp3) is 0.458. The first-order valence-electron chi connectivity index (χ1n) is 10.7. The molecule has 2 aromatic heterocycles. The highest BCUT2D eigenvalue weighted by molar-refractivity contribution is 5.95. The van der Waals surface area contributed by atoms with Crippen LogP contribution in [0.3, 0.4) is 0 Å². The van der Waals surface area contributed by atoms with Crippen molar-refractivity contribution in [1.82, 2.24) is 15.0 Å². The van der Waals surface area contributed by atoms with E-state index in [1.807, 2.05) is 32.2 Å². The smallest absolute Gasteiger partial charge is 0.212 e. The number of fused-ring (bicyclic) bond motifs is 1. The number of hydrogen-bond acceptors (Lipinski definition) is 5. The third-order valence-corrected chi connectivity index (χ3v) is 5.68. The van der Waals surface area contributed by atoms with Crippen molar-refractivity contribution >= 4 is 16.7 Å². The maximum atomic E-state index is 5.18. The molecule has 0 saturated carbocycles. The van der Waals surface area contributed by atoms with Gasteiger partial charge in [-0.2, -0.15) is 0 Å². The van der Waals surface area contributed by atoms with Crippen LogP contribution in [0.2, 0.25) is 0 Å². The average molecular weight is 393 g/mol. The molecule has 0 radical (unpaired) electrons. The van der Waals surface area contributed by atoms with Crippen molar-refractivity contribution in [3.63, 3.8) is 0 Å². The summed E-state index contributed by atoms with van der Waals surface area (Å²) in [7, 11) is 1.63. The SMILES string of the molecule is CC.CCC1CCN(c2ncnc3c(C)cc(-c4ccc(OC)nc4)cc23)CC1. The van der Waals surface area contributed by atoms with Crippen LogP contribution in [-0.4, -0.2) is 35.2 Å². The first-order chi connectivity index (χ1) is 14.2. The normalized spacial score (nSPS) is 14.4. The van der Waals surface area contributed by atoms with Crippen LogP contribution in [0.25, 0.3) is 22.0 Å². The number of benzene rings is 1. The Morgan fingerprint density at radius 3 is 2.41 bits per heavy atom. The molecule has 1 fully saturated rings. The molecule has 0 amide bonds. The lowest BCUT2D eigenvalue weighted by Crippen LogP contribution is -2.34. The van der Waals surface area contributed by atoms with Gasteiger partial charge in [-0.3, -0.25) is 0 Å². The summed E-state index contributed by atoms with van der Waals surface area (Å²) in [6.07, 6.45) is 7.30. The van der Waals surface area contributed by atoms with Gasteiger partial charge < -0.3 is 9.64 Å². The van der Waals surface area contributed by atoms with Crippen molar-refractivity contribution < 1.29 is 4.74 Å². The number of piperidine rings is 1. The maximum Gasteiger partial charge on any atom is 0.212 e. The molecular formula is C24H32N4O. The van der Waals surface area contributed by atoms with E-state index in [9.17, 15) is 0 Å². The van der Waals surface area contributed by atoms with Gasteiger partial charge in [-0.15, -0.1) is 0 Å². The van der Waals surface area contributed by atoms with E-state index in [1.54, 1.807) is 13.4 Å². The molecule has 3 heterocycles. The maximum absolute atomic E-state index is 5.18. The van der Waals surface area contributed by atoms with Gasteiger partial charge in [0.2, 0.25) is 5.88 Å². The molecule has 0 spiro atoms. The zero-order valence-electron chi connectivity index (χ0n) is 18.3. The first kappa shape index (κ1) is 21.0. The molecule has 1 saturated heterocycles. The summed E-state index contributed by atoms with van der Waals surface area (Å²) < 4.78 is 5.18. The molecular weight excluding hydrogens is 360 g/mol. The number of methoxy groups -OCH3 is 1. The van der Waals surface area contributed by atoms with Crippen LogP contribution >= 0.6 is 0 Å². The number of ether oxygens (including phenoxy) is 1. The molecule has 154 valence electrons. The molecule has 4 rings (SSSR count). The molecule has 3 aromatic rings. The second kappa shape index (κ2) is 9.68. The third-order valence-electron chi connectivity index (χ3n) is 5.68. The summed E-state index contributed by atoms with van der Waals surface area (Å²) >= 11 is 0. The predicted octanol–water partition coefficient (Wildman–Crippen LogP) is 5.66. The second-order valence-electron chi connectivity index (χ2n) is 7.31. The van der Waals surface area contributed by atoms with E-state index in [4.69, 9.17) is 4.74 Å². The van der Waals surface area contributed by atoms with E-state index in [2.05, 4.69) is 45.8 Å². The van der Waals surface area contributed by atoms with E-state index in [0.29, 0.717) is 5.88 Å². The lowest BCUT2D eigenvalue weighted by atomic mass is 9.94. The van der Waals surface area contributed by atoms with Gasteiger partial charge in [0.1, 0.15) is 12.1 Å². The fourth-order valence-corrected chi connectivity index (χ4v) is 3.98. The van der Waals surface area contributed by atoms with E-state index in [-0.39, 0.29) is 0 Å². The summed E-state index contributed by atoms with van der Waals surface area (Å²) in [6.45, 7) is 10.5. The van der Waals surface area contributed by atoms with Crippen molar-refractivity contribution in [2.75, 3.05) is 25.1 Å². The number of aryl methyl sites for hydroxylation is 1. The van der Waals surface area contributed by atoms with Crippen LogP contribution in [0.5, 0.6) is 5.88 Å². The highest BCUT2D eigenvalue weighted by Crippen LogP contribution is 2.33. The predicted molar refractivity (Wildman–Crippen MR) is 121 cm³/mol. The van der Waals surface area contributed by atoms with Crippen molar-refractivity contribution in [1.29, 1.82) is 0 Å². The van der Waals surface area contributed by atoms with Gasteiger partial charge in [-0.05, 0) is 55.0 Å². The molecule has 1 aliphatic heterocycles. The number of anilines is 1. The molecule has 1 aromatic carbocycles. The molecule has 1 aliphatic rings. The molecule has 0 unspecified atom stereocenters. The number of pyridine rings is 1. The molecule has 0 bridgehead atoms. The summed E-state index contributed by atoms with van der Waals surface area (Å²) in [5.74, 6) is 2.53. The quantitative estimate of drug-likeness (QED) is 0.573. The third kappa shape index (κ3) is 4.50. The molecule has 29 heavy (non-hydrogen) atoms. The Bertz CT molecular complexity index is 932. The Morgan fingerprint density at radius 1 is 1.03 bits per heavy atom. The van der Waals surface area contributed by atoms with E-state index in [1.165, 1.54) is 19.3 Å². The zero-order valence-corrected chi connectivity index (χ0v) is 18.3. The Labute approximate surface area is 174 Å². The van der Waals surface area contributed by atoms with Crippen LogP contribution in [0.15, 0.2) is 36.8 Å². The Kier molecular flexibility index (Phi) is 7.02. The van der Waals surface area contributed by atoms with Crippen LogP contribution in [0, 0.1) is 12.8 Å². The van der Waals surface area contributed by atoms with E-state index >= 15 is 0 Å². The number of rotatable bonds is 4. The number of hydrogen-bond donors (Lipinski definition) is 0. The monoisotopic (exact) mass is 392 g/mol. The van der Waals surface area contributed by atoms with Crippen LogP contribution in [0.1, 0.15) is 45.6 Å².